The third-order valence-corrected chi connectivity index (χ3v) is 3.24. The summed E-state index contributed by atoms with van der Waals surface area (Å²) in [5, 5.41) is 2.84. The Bertz CT molecular complexity index is 443. The molecule has 0 bridgehead atoms. The predicted molar refractivity (Wildman–Crippen MR) is 84.9 cm³/mol. The van der Waals surface area contributed by atoms with Gasteiger partial charge in [0.2, 0.25) is 11.8 Å². The standard InChI is InChI=1S/C17H26N2O2/c1-14(2)18-17(21)11-13-19(15(3)20)12-7-10-16-8-5-4-6-9-16/h4-6,8-9,14H,7,10-13H2,1-3H3,(H,18,21). The van der Waals surface area contributed by atoms with E-state index in [-0.39, 0.29) is 17.9 Å². The average molecular weight is 290 g/mol. The van der Waals surface area contributed by atoms with Gasteiger partial charge in [0.15, 0.2) is 0 Å². The molecule has 4 heteroatoms. The molecule has 0 aromatic heterocycles. The average Bonchev–Trinajstić information content (AvgIpc) is 2.42. The van der Waals surface area contributed by atoms with Crippen molar-refractivity contribution in [2.45, 2.75) is 46.1 Å². The van der Waals surface area contributed by atoms with Gasteiger partial charge in [-0.1, -0.05) is 30.3 Å². The largest absolute Gasteiger partial charge is 0.354 e. The molecule has 4 nitrogen and oxygen atoms in total. The van der Waals surface area contributed by atoms with Crippen LogP contribution >= 0.6 is 0 Å². The van der Waals surface area contributed by atoms with Gasteiger partial charge in [0.05, 0.1) is 0 Å². The monoisotopic (exact) mass is 290 g/mol. The normalized spacial score (nSPS) is 10.5. The molecule has 0 aliphatic rings. The van der Waals surface area contributed by atoms with Crippen LogP contribution in [0.1, 0.15) is 39.2 Å². The second-order valence-corrected chi connectivity index (χ2v) is 5.57. The maximum Gasteiger partial charge on any atom is 0.221 e. The molecule has 0 heterocycles. The molecule has 0 aliphatic carbocycles. The van der Waals surface area contributed by atoms with Gasteiger partial charge in [0.25, 0.3) is 0 Å². The van der Waals surface area contributed by atoms with Gasteiger partial charge in [0.1, 0.15) is 0 Å². The molecule has 21 heavy (non-hydrogen) atoms. The summed E-state index contributed by atoms with van der Waals surface area (Å²) in [7, 11) is 0. The maximum atomic E-state index is 11.6. The minimum Gasteiger partial charge on any atom is -0.354 e. The molecule has 2 amide bonds. The summed E-state index contributed by atoms with van der Waals surface area (Å²) in [5.74, 6) is 0.0275. The van der Waals surface area contributed by atoms with E-state index in [4.69, 9.17) is 0 Å². The Morgan fingerprint density at radius 3 is 2.38 bits per heavy atom. The van der Waals surface area contributed by atoms with E-state index in [9.17, 15) is 9.59 Å². The Labute approximate surface area is 127 Å². The molecule has 116 valence electrons. The summed E-state index contributed by atoms with van der Waals surface area (Å²) >= 11 is 0. The molecule has 0 unspecified atom stereocenters. The van der Waals surface area contributed by atoms with E-state index in [1.807, 2.05) is 32.0 Å². The van der Waals surface area contributed by atoms with Crippen molar-refractivity contribution in [3.63, 3.8) is 0 Å². The van der Waals surface area contributed by atoms with Crippen molar-refractivity contribution in [2.24, 2.45) is 0 Å². The minimum atomic E-state index is -0.000639. The van der Waals surface area contributed by atoms with Crippen molar-refractivity contribution in [3.8, 4) is 0 Å². The molecule has 0 aliphatic heterocycles. The summed E-state index contributed by atoms with van der Waals surface area (Å²) in [4.78, 5) is 25.0. The van der Waals surface area contributed by atoms with E-state index >= 15 is 0 Å². The van der Waals surface area contributed by atoms with Crippen molar-refractivity contribution in [2.75, 3.05) is 13.1 Å². The van der Waals surface area contributed by atoms with Crippen molar-refractivity contribution in [1.29, 1.82) is 0 Å². The predicted octanol–water partition coefficient (Wildman–Crippen LogP) is 2.38. The zero-order chi connectivity index (χ0) is 15.7. The van der Waals surface area contributed by atoms with Gasteiger partial charge in [-0.3, -0.25) is 9.59 Å². The molecule has 0 spiro atoms. The highest BCUT2D eigenvalue weighted by Crippen LogP contribution is 2.04. The number of hydrogen-bond donors (Lipinski definition) is 1. The molecule has 0 saturated heterocycles. The first-order valence-electron chi connectivity index (χ1n) is 7.58. The van der Waals surface area contributed by atoms with Crippen LogP contribution < -0.4 is 5.32 Å². The molecule has 0 fully saturated rings. The van der Waals surface area contributed by atoms with Crippen molar-refractivity contribution >= 4 is 11.8 Å². The fourth-order valence-corrected chi connectivity index (χ4v) is 2.18. The van der Waals surface area contributed by atoms with Crippen LogP contribution in [-0.2, 0) is 16.0 Å². The lowest BCUT2D eigenvalue weighted by atomic mass is 10.1. The zero-order valence-electron chi connectivity index (χ0n) is 13.3. The number of hydrogen-bond acceptors (Lipinski definition) is 2. The molecule has 1 aromatic rings. The highest BCUT2D eigenvalue weighted by molar-refractivity contribution is 5.78. The third-order valence-electron chi connectivity index (χ3n) is 3.24. The SMILES string of the molecule is CC(=O)N(CCCc1ccccc1)CCC(=O)NC(C)C. The second-order valence-electron chi connectivity index (χ2n) is 5.57. The van der Waals surface area contributed by atoms with Crippen LogP contribution in [0.3, 0.4) is 0 Å². The molecule has 1 rings (SSSR count). The smallest absolute Gasteiger partial charge is 0.221 e. The number of amides is 2. The Kier molecular flexibility index (Phi) is 7.51. The number of carbonyl (C=O) groups excluding carboxylic acids is 2. The fraction of sp³-hybridized carbons (Fsp3) is 0.529. The minimum absolute atomic E-state index is 0.000639. The van der Waals surface area contributed by atoms with Gasteiger partial charge >= 0.3 is 0 Å². The lowest BCUT2D eigenvalue weighted by molar-refractivity contribution is -0.129. The number of carbonyl (C=O) groups is 2. The van der Waals surface area contributed by atoms with E-state index in [0.29, 0.717) is 19.5 Å². The van der Waals surface area contributed by atoms with Gasteiger partial charge in [-0.05, 0) is 32.3 Å². The first-order valence-corrected chi connectivity index (χ1v) is 7.58. The van der Waals surface area contributed by atoms with Gasteiger partial charge in [-0.25, -0.2) is 0 Å². The third kappa shape index (κ3) is 7.49. The highest BCUT2D eigenvalue weighted by Gasteiger charge is 2.11. The second kappa shape index (κ2) is 9.16. The van der Waals surface area contributed by atoms with Gasteiger partial charge in [-0.15, -0.1) is 0 Å². The molecule has 0 atom stereocenters. The Balaban J connectivity index is 2.33. The van der Waals surface area contributed by atoms with Crippen LogP contribution in [0, 0.1) is 0 Å². The number of rotatable bonds is 8. The number of benzene rings is 1. The van der Waals surface area contributed by atoms with E-state index in [1.165, 1.54) is 5.56 Å². The van der Waals surface area contributed by atoms with Crippen LogP contribution in [0.4, 0.5) is 0 Å². The van der Waals surface area contributed by atoms with Gasteiger partial charge in [0, 0.05) is 32.5 Å². The summed E-state index contributed by atoms with van der Waals surface area (Å²) in [6.45, 7) is 6.60. The molecular weight excluding hydrogens is 264 g/mol. The van der Waals surface area contributed by atoms with Crippen LogP contribution in [-0.4, -0.2) is 35.8 Å². The van der Waals surface area contributed by atoms with Crippen LogP contribution in [0.2, 0.25) is 0 Å². The van der Waals surface area contributed by atoms with E-state index < -0.39 is 0 Å². The van der Waals surface area contributed by atoms with Gasteiger partial charge < -0.3 is 10.2 Å². The molecule has 1 N–H and O–H groups in total. The molecule has 0 radical (unpaired) electrons. The van der Waals surface area contributed by atoms with E-state index in [2.05, 4.69) is 17.4 Å². The van der Waals surface area contributed by atoms with Crippen LogP contribution in [0.15, 0.2) is 30.3 Å². The quantitative estimate of drug-likeness (QED) is 0.799. The van der Waals surface area contributed by atoms with Gasteiger partial charge in [-0.2, -0.15) is 0 Å². The lowest BCUT2D eigenvalue weighted by Gasteiger charge is -2.21. The maximum absolute atomic E-state index is 11.6. The Morgan fingerprint density at radius 2 is 1.81 bits per heavy atom. The Hall–Kier alpha value is -1.84. The zero-order valence-corrected chi connectivity index (χ0v) is 13.3. The highest BCUT2D eigenvalue weighted by atomic mass is 16.2. The summed E-state index contributed by atoms with van der Waals surface area (Å²) < 4.78 is 0. The van der Waals surface area contributed by atoms with Crippen molar-refractivity contribution < 1.29 is 9.59 Å². The molecule has 1 aromatic carbocycles. The number of nitrogens with zero attached hydrogens (tertiary/aromatic N) is 1. The van der Waals surface area contributed by atoms with E-state index in [0.717, 1.165) is 12.8 Å². The first kappa shape index (κ1) is 17.2. The molecule has 0 saturated carbocycles. The fourth-order valence-electron chi connectivity index (χ4n) is 2.18. The van der Waals surface area contributed by atoms with E-state index in [1.54, 1.807) is 11.8 Å². The lowest BCUT2D eigenvalue weighted by Crippen LogP contribution is -2.36. The molecular formula is C17H26N2O2. The Morgan fingerprint density at radius 1 is 1.14 bits per heavy atom. The van der Waals surface area contributed by atoms with Crippen molar-refractivity contribution in [3.05, 3.63) is 35.9 Å². The summed E-state index contributed by atoms with van der Waals surface area (Å²) in [5.41, 5.74) is 1.28. The van der Waals surface area contributed by atoms with Crippen molar-refractivity contribution in [1.82, 2.24) is 10.2 Å². The summed E-state index contributed by atoms with van der Waals surface area (Å²) in [6, 6.07) is 10.4. The topological polar surface area (TPSA) is 49.4 Å². The number of aryl methyl sites for hydroxylation is 1. The van der Waals surface area contributed by atoms with Crippen LogP contribution in [0.5, 0.6) is 0 Å². The summed E-state index contributed by atoms with van der Waals surface area (Å²) in [6.07, 6.45) is 2.22. The number of nitrogens with one attached hydrogen (secondary N) is 1. The van der Waals surface area contributed by atoms with Crippen LogP contribution in [0.25, 0.3) is 0 Å². The first-order chi connectivity index (χ1) is 9.99.